The van der Waals surface area contributed by atoms with Crippen molar-refractivity contribution in [3.8, 4) is 5.69 Å². The summed E-state index contributed by atoms with van der Waals surface area (Å²) >= 11 is 0. The lowest BCUT2D eigenvalue weighted by atomic mass is 9.92. The van der Waals surface area contributed by atoms with E-state index in [1.807, 2.05) is 29.8 Å². The van der Waals surface area contributed by atoms with Crippen LogP contribution in [0.25, 0.3) is 5.69 Å². The van der Waals surface area contributed by atoms with Crippen LogP contribution in [0.5, 0.6) is 0 Å². The van der Waals surface area contributed by atoms with E-state index in [1.54, 1.807) is 4.90 Å². The van der Waals surface area contributed by atoms with Gasteiger partial charge in [0.2, 0.25) is 5.91 Å². The molecule has 2 N–H and O–H groups in total. The lowest BCUT2D eigenvalue weighted by Gasteiger charge is -2.28. The molecule has 3 amide bonds. The average Bonchev–Trinajstić information content (AvgIpc) is 3.20. The summed E-state index contributed by atoms with van der Waals surface area (Å²) < 4.78 is 1.81. The van der Waals surface area contributed by atoms with Gasteiger partial charge in [-0.1, -0.05) is 59.1 Å². The molecule has 2 aromatic rings. The number of hydrogen-bond acceptors (Lipinski definition) is 3. The van der Waals surface area contributed by atoms with E-state index in [2.05, 4.69) is 51.3 Å². The molecule has 0 unspecified atom stereocenters. The third-order valence-electron chi connectivity index (χ3n) is 6.60. The van der Waals surface area contributed by atoms with E-state index in [0.29, 0.717) is 12.4 Å². The van der Waals surface area contributed by atoms with Crippen LogP contribution in [0.3, 0.4) is 0 Å². The largest absolute Gasteiger partial charge is 0.335 e. The summed E-state index contributed by atoms with van der Waals surface area (Å²) in [6, 6.07) is 8.08. The van der Waals surface area contributed by atoms with Crippen molar-refractivity contribution in [1.29, 1.82) is 0 Å². The minimum atomic E-state index is -0.223. The van der Waals surface area contributed by atoms with E-state index in [4.69, 9.17) is 5.10 Å². The number of hydrogen-bond donors (Lipinski definition) is 2. The number of aryl methyl sites for hydroxylation is 1. The van der Waals surface area contributed by atoms with Gasteiger partial charge in [-0.15, -0.1) is 0 Å². The Morgan fingerprint density at radius 3 is 2.50 bits per heavy atom. The van der Waals surface area contributed by atoms with Gasteiger partial charge in [0.05, 0.1) is 11.4 Å². The van der Waals surface area contributed by atoms with Crippen molar-refractivity contribution >= 4 is 17.8 Å². The van der Waals surface area contributed by atoms with Crippen molar-refractivity contribution in [2.45, 2.75) is 91.5 Å². The van der Waals surface area contributed by atoms with Crippen LogP contribution in [-0.4, -0.2) is 45.8 Å². The lowest BCUT2D eigenvalue weighted by molar-refractivity contribution is -0.116. The molecule has 34 heavy (non-hydrogen) atoms. The second kappa shape index (κ2) is 11.1. The molecule has 0 bridgehead atoms. The Bertz CT molecular complexity index is 999. The van der Waals surface area contributed by atoms with Crippen molar-refractivity contribution in [3.05, 3.63) is 41.1 Å². The fourth-order valence-electron chi connectivity index (χ4n) is 4.38. The van der Waals surface area contributed by atoms with Gasteiger partial charge in [-0.3, -0.25) is 4.79 Å². The number of carbonyl (C=O) groups is 2. The number of nitrogens with one attached hydrogen (secondary N) is 2. The van der Waals surface area contributed by atoms with Gasteiger partial charge in [-0.2, -0.15) is 5.10 Å². The highest BCUT2D eigenvalue weighted by atomic mass is 16.2. The average molecular weight is 468 g/mol. The Morgan fingerprint density at radius 2 is 1.85 bits per heavy atom. The minimum absolute atomic E-state index is 0.00915. The van der Waals surface area contributed by atoms with Crippen LogP contribution in [0.2, 0.25) is 0 Å². The topological polar surface area (TPSA) is 79.3 Å². The Labute approximate surface area is 204 Å². The molecule has 1 saturated carbocycles. The first kappa shape index (κ1) is 25.8. The number of aromatic nitrogens is 2. The maximum absolute atomic E-state index is 13.1. The van der Waals surface area contributed by atoms with Gasteiger partial charge in [0.15, 0.2) is 0 Å². The van der Waals surface area contributed by atoms with Crippen LogP contribution in [0, 0.1) is 13.8 Å². The molecule has 1 fully saturated rings. The molecule has 7 nitrogen and oxygen atoms in total. The van der Waals surface area contributed by atoms with Crippen molar-refractivity contribution in [1.82, 2.24) is 20.0 Å². The Morgan fingerprint density at radius 1 is 1.15 bits per heavy atom. The molecule has 0 aliphatic heterocycles. The zero-order valence-electron chi connectivity index (χ0n) is 21.7. The van der Waals surface area contributed by atoms with E-state index < -0.39 is 0 Å². The van der Waals surface area contributed by atoms with Crippen LogP contribution in [-0.2, 0) is 10.2 Å². The third-order valence-corrected chi connectivity index (χ3v) is 6.60. The molecule has 7 heteroatoms. The summed E-state index contributed by atoms with van der Waals surface area (Å²) in [5.41, 5.74) is 3.93. The Kier molecular flexibility index (Phi) is 8.39. The SMILES string of the molecule is CCCN(CC(=O)Nc1cc(C(C)(C)C)nn1-c1cccc(C)c1C)C(=O)NC1CCCCC1. The number of rotatable bonds is 7. The molecule has 1 aliphatic carbocycles. The first-order valence-electron chi connectivity index (χ1n) is 12.6. The van der Waals surface area contributed by atoms with Gasteiger partial charge in [0.1, 0.15) is 12.4 Å². The van der Waals surface area contributed by atoms with E-state index in [9.17, 15) is 9.59 Å². The molecule has 186 valence electrons. The standard InChI is InChI=1S/C27H41N5O2/c1-7-16-31(26(34)28-21-13-9-8-10-14-21)18-25(33)29-24-17-23(27(4,5)6)30-32(24)22-15-11-12-19(2)20(22)3/h11-12,15,17,21H,7-10,13-14,16,18H2,1-6H3,(H,28,34)(H,29,33). The quantitative estimate of drug-likeness (QED) is 0.566. The van der Waals surface area contributed by atoms with Crippen LogP contribution < -0.4 is 10.6 Å². The molecule has 0 atom stereocenters. The van der Waals surface area contributed by atoms with Crippen LogP contribution in [0.4, 0.5) is 10.6 Å². The summed E-state index contributed by atoms with van der Waals surface area (Å²) in [6.07, 6.45) is 6.36. The van der Waals surface area contributed by atoms with Gasteiger partial charge < -0.3 is 15.5 Å². The molecule has 1 heterocycles. The number of amides is 3. The monoisotopic (exact) mass is 467 g/mol. The molecule has 0 saturated heterocycles. The summed E-state index contributed by atoms with van der Waals surface area (Å²) in [7, 11) is 0. The van der Waals surface area contributed by atoms with Crippen LogP contribution in [0.1, 0.15) is 83.0 Å². The summed E-state index contributed by atoms with van der Waals surface area (Å²) in [5.74, 6) is 0.395. The van der Waals surface area contributed by atoms with Crippen molar-refractivity contribution in [2.24, 2.45) is 0 Å². The van der Waals surface area contributed by atoms with E-state index in [1.165, 1.54) is 6.42 Å². The minimum Gasteiger partial charge on any atom is -0.335 e. The van der Waals surface area contributed by atoms with Gasteiger partial charge >= 0.3 is 6.03 Å². The lowest BCUT2D eigenvalue weighted by Crippen LogP contribution is -2.48. The second-order valence-corrected chi connectivity index (χ2v) is 10.5. The van der Waals surface area contributed by atoms with Crippen molar-refractivity contribution < 1.29 is 9.59 Å². The predicted octanol–water partition coefficient (Wildman–Crippen LogP) is 5.48. The Hall–Kier alpha value is -2.83. The summed E-state index contributed by atoms with van der Waals surface area (Å²) in [6.45, 7) is 13.0. The number of anilines is 1. The normalized spacial score (nSPS) is 14.6. The maximum Gasteiger partial charge on any atom is 0.318 e. The van der Waals surface area contributed by atoms with Gasteiger partial charge in [-0.05, 0) is 50.3 Å². The molecular formula is C27H41N5O2. The second-order valence-electron chi connectivity index (χ2n) is 10.5. The predicted molar refractivity (Wildman–Crippen MR) is 138 cm³/mol. The smallest absolute Gasteiger partial charge is 0.318 e. The maximum atomic E-state index is 13.1. The van der Waals surface area contributed by atoms with Crippen molar-refractivity contribution in [2.75, 3.05) is 18.4 Å². The Balaban J connectivity index is 1.79. The highest BCUT2D eigenvalue weighted by molar-refractivity contribution is 5.94. The highest BCUT2D eigenvalue weighted by Crippen LogP contribution is 2.28. The first-order chi connectivity index (χ1) is 16.1. The summed E-state index contributed by atoms with van der Waals surface area (Å²) in [4.78, 5) is 27.6. The van der Waals surface area contributed by atoms with Crippen molar-refractivity contribution in [3.63, 3.8) is 0 Å². The molecule has 1 aromatic carbocycles. The van der Waals surface area contributed by atoms with E-state index in [-0.39, 0.29) is 29.9 Å². The highest BCUT2D eigenvalue weighted by Gasteiger charge is 2.24. The number of nitrogens with zero attached hydrogens (tertiary/aromatic N) is 3. The van der Waals surface area contributed by atoms with E-state index >= 15 is 0 Å². The summed E-state index contributed by atoms with van der Waals surface area (Å²) in [5, 5.41) is 11.0. The zero-order valence-corrected chi connectivity index (χ0v) is 21.7. The molecule has 1 aliphatic rings. The van der Waals surface area contributed by atoms with Crippen LogP contribution >= 0.6 is 0 Å². The molecule has 0 radical (unpaired) electrons. The molecule has 0 spiro atoms. The first-order valence-corrected chi connectivity index (χ1v) is 12.6. The van der Waals surface area contributed by atoms with Gasteiger partial charge in [0, 0.05) is 24.1 Å². The molecule has 1 aromatic heterocycles. The number of urea groups is 1. The fraction of sp³-hybridized carbons (Fsp3) is 0.593. The number of benzene rings is 1. The zero-order chi connectivity index (χ0) is 24.9. The number of carbonyl (C=O) groups excluding carboxylic acids is 2. The molecular weight excluding hydrogens is 426 g/mol. The van der Waals surface area contributed by atoms with Crippen LogP contribution in [0.15, 0.2) is 24.3 Å². The van der Waals surface area contributed by atoms with Gasteiger partial charge in [-0.25, -0.2) is 9.48 Å². The van der Waals surface area contributed by atoms with E-state index in [0.717, 1.165) is 54.6 Å². The fourth-order valence-corrected chi connectivity index (χ4v) is 4.38. The molecule has 3 rings (SSSR count). The third kappa shape index (κ3) is 6.39. The van der Waals surface area contributed by atoms with Gasteiger partial charge in [0.25, 0.3) is 0 Å².